The first-order valence-corrected chi connectivity index (χ1v) is 6.02. The summed E-state index contributed by atoms with van der Waals surface area (Å²) in [6.07, 6.45) is 2.04. The second-order valence-electron chi connectivity index (χ2n) is 4.73. The van der Waals surface area contributed by atoms with Crippen LogP contribution in [0.5, 0.6) is 0 Å². The summed E-state index contributed by atoms with van der Waals surface area (Å²) in [6, 6.07) is 3.02. The largest absolute Gasteiger partial charge is 0.329 e. The Morgan fingerprint density at radius 2 is 2.06 bits per heavy atom. The van der Waals surface area contributed by atoms with Crippen molar-refractivity contribution in [1.29, 1.82) is 0 Å². The number of nitrogens with two attached hydrogens (primary N) is 1. The van der Waals surface area contributed by atoms with Gasteiger partial charge in [0.15, 0.2) is 0 Å². The molecule has 16 heavy (non-hydrogen) atoms. The molecule has 0 bridgehead atoms. The van der Waals surface area contributed by atoms with Crippen molar-refractivity contribution in [3.05, 3.63) is 18.0 Å². The van der Waals surface area contributed by atoms with E-state index in [4.69, 9.17) is 5.73 Å². The van der Waals surface area contributed by atoms with Gasteiger partial charge in [0, 0.05) is 37.9 Å². The third-order valence-corrected chi connectivity index (χ3v) is 2.70. The summed E-state index contributed by atoms with van der Waals surface area (Å²) in [6.45, 7) is 11.2. The van der Waals surface area contributed by atoms with Crippen LogP contribution >= 0.6 is 0 Å². The molecule has 1 rings (SSSR count). The van der Waals surface area contributed by atoms with Crippen LogP contribution in [0, 0.1) is 0 Å². The highest BCUT2D eigenvalue weighted by atomic mass is 15.3. The third-order valence-electron chi connectivity index (χ3n) is 2.70. The lowest BCUT2D eigenvalue weighted by Crippen LogP contribution is -2.34. The van der Waals surface area contributed by atoms with Gasteiger partial charge in [-0.05, 0) is 33.8 Å². The van der Waals surface area contributed by atoms with Crippen molar-refractivity contribution >= 4 is 0 Å². The van der Waals surface area contributed by atoms with E-state index in [0.29, 0.717) is 18.6 Å². The average Bonchev–Trinajstić information content (AvgIpc) is 2.65. The van der Waals surface area contributed by atoms with E-state index < -0.39 is 0 Å². The van der Waals surface area contributed by atoms with Crippen molar-refractivity contribution in [2.45, 2.75) is 46.3 Å². The summed E-state index contributed by atoms with van der Waals surface area (Å²) in [4.78, 5) is 2.34. The van der Waals surface area contributed by atoms with Gasteiger partial charge < -0.3 is 5.73 Å². The molecule has 0 aliphatic rings. The lowest BCUT2D eigenvalue weighted by Gasteiger charge is -2.24. The fourth-order valence-electron chi connectivity index (χ4n) is 1.64. The monoisotopic (exact) mass is 224 g/mol. The summed E-state index contributed by atoms with van der Waals surface area (Å²) in [5.41, 5.74) is 6.73. The zero-order valence-electron chi connectivity index (χ0n) is 10.8. The van der Waals surface area contributed by atoms with Crippen LogP contribution in [-0.2, 0) is 6.54 Å². The normalized spacial score (nSPS) is 12.0. The molecule has 0 unspecified atom stereocenters. The molecule has 92 valence electrons. The summed E-state index contributed by atoms with van der Waals surface area (Å²) >= 11 is 0. The Hall–Kier alpha value is -0.870. The van der Waals surface area contributed by atoms with Gasteiger partial charge in [-0.1, -0.05) is 0 Å². The lowest BCUT2D eigenvalue weighted by molar-refractivity contribution is 0.216. The Morgan fingerprint density at radius 3 is 2.50 bits per heavy atom. The molecule has 0 spiro atoms. The first-order valence-electron chi connectivity index (χ1n) is 6.02. The standard InChI is InChI=1S/C12H24N4/c1-10(2)15(8-6-13)9-12-5-7-16(14-12)11(3)4/h5,7,10-11H,6,8-9,13H2,1-4H3. The van der Waals surface area contributed by atoms with E-state index >= 15 is 0 Å². The number of nitrogens with zero attached hydrogens (tertiary/aromatic N) is 3. The number of rotatable bonds is 6. The highest BCUT2D eigenvalue weighted by Crippen LogP contribution is 2.08. The molecule has 0 atom stereocenters. The average molecular weight is 224 g/mol. The maximum atomic E-state index is 5.61. The van der Waals surface area contributed by atoms with Crippen LogP contribution in [0.15, 0.2) is 12.3 Å². The summed E-state index contributed by atoms with van der Waals surface area (Å²) < 4.78 is 2.00. The predicted octanol–water partition coefficient (Wildman–Crippen LogP) is 1.63. The van der Waals surface area contributed by atoms with E-state index in [-0.39, 0.29) is 0 Å². The molecular formula is C12H24N4. The smallest absolute Gasteiger partial charge is 0.0765 e. The van der Waals surface area contributed by atoms with Gasteiger partial charge in [0.1, 0.15) is 0 Å². The van der Waals surface area contributed by atoms with Gasteiger partial charge in [0.05, 0.1) is 5.69 Å². The van der Waals surface area contributed by atoms with E-state index in [9.17, 15) is 0 Å². The van der Waals surface area contributed by atoms with Gasteiger partial charge >= 0.3 is 0 Å². The SMILES string of the molecule is CC(C)N(CCN)Cc1ccn(C(C)C)n1. The zero-order valence-corrected chi connectivity index (χ0v) is 10.8. The van der Waals surface area contributed by atoms with Crippen molar-refractivity contribution in [2.24, 2.45) is 5.73 Å². The van der Waals surface area contributed by atoms with Crippen LogP contribution < -0.4 is 5.73 Å². The molecule has 0 saturated heterocycles. The summed E-state index contributed by atoms with van der Waals surface area (Å²) in [5.74, 6) is 0. The first-order chi connectivity index (χ1) is 7.54. The van der Waals surface area contributed by atoms with Gasteiger partial charge in [0.2, 0.25) is 0 Å². The van der Waals surface area contributed by atoms with Gasteiger partial charge in [0.25, 0.3) is 0 Å². The van der Waals surface area contributed by atoms with E-state index in [1.807, 2.05) is 10.9 Å². The van der Waals surface area contributed by atoms with Crippen LogP contribution in [0.1, 0.15) is 39.4 Å². The molecule has 0 fully saturated rings. The molecule has 1 aromatic rings. The van der Waals surface area contributed by atoms with Crippen LogP contribution in [0.25, 0.3) is 0 Å². The third kappa shape index (κ3) is 3.61. The van der Waals surface area contributed by atoms with Gasteiger partial charge in [-0.2, -0.15) is 5.10 Å². The second-order valence-corrected chi connectivity index (χ2v) is 4.73. The van der Waals surface area contributed by atoms with Crippen LogP contribution in [0.3, 0.4) is 0 Å². The molecule has 0 radical (unpaired) electrons. The quantitative estimate of drug-likeness (QED) is 0.799. The molecule has 0 saturated carbocycles. The molecule has 1 aromatic heterocycles. The van der Waals surface area contributed by atoms with Gasteiger partial charge in [-0.3, -0.25) is 9.58 Å². The number of hydrogen-bond acceptors (Lipinski definition) is 3. The number of aromatic nitrogens is 2. The maximum Gasteiger partial charge on any atom is 0.0765 e. The fourth-order valence-corrected chi connectivity index (χ4v) is 1.64. The minimum atomic E-state index is 0.427. The van der Waals surface area contributed by atoms with Crippen molar-refractivity contribution < 1.29 is 0 Å². The van der Waals surface area contributed by atoms with Gasteiger partial charge in [-0.15, -0.1) is 0 Å². The lowest BCUT2D eigenvalue weighted by atomic mass is 10.3. The summed E-state index contributed by atoms with van der Waals surface area (Å²) in [7, 11) is 0. The van der Waals surface area contributed by atoms with E-state index in [0.717, 1.165) is 18.8 Å². The highest BCUT2D eigenvalue weighted by Gasteiger charge is 2.11. The molecule has 0 aliphatic heterocycles. The number of hydrogen-bond donors (Lipinski definition) is 1. The Labute approximate surface area is 98.4 Å². The molecular weight excluding hydrogens is 200 g/mol. The molecule has 1 heterocycles. The minimum absolute atomic E-state index is 0.427. The van der Waals surface area contributed by atoms with Crippen LogP contribution in [0.4, 0.5) is 0 Å². The van der Waals surface area contributed by atoms with Crippen LogP contribution in [-0.4, -0.2) is 33.8 Å². The van der Waals surface area contributed by atoms with Crippen molar-refractivity contribution in [2.75, 3.05) is 13.1 Å². The first kappa shape index (κ1) is 13.2. The Balaban J connectivity index is 2.62. The molecule has 4 heteroatoms. The van der Waals surface area contributed by atoms with E-state index in [1.165, 1.54) is 0 Å². The molecule has 2 N–H and O–H groups in total. The zero-order chi connectivity index (χ0) is 12.1. The molecule has 0 amide bonds. The van der Waals surface area contributed by atoms with E-state index in [1.54, 1.807) is 0 Å². The van der Waals surface area contributed by atoms with Gasteiger partial charge in [-0.25, -0.2) is 0 Å². The molecule has 0 aromatic carbocycles. The maximum absolute atomic E-state index is 5.61. The molecule has 0 aliphatic carbocycles. The topological polar surface area (TPSA) is 47.1 Å². The fraction of sp³-hybridized carbons (Fsp3) is 0.750. The predicted molar refractivity (Wildman–Crippen MR) is 67.2 cm³/mol. The molecule has 4 nitrogen and oxygen atoms in total. The Kier molecular flexibility index (Phi) is 4.96. The second kappa shape index (κ2) is 6.01. The minimum Gasteiger partial charge on any atom is -0.329 e. The van der Waals surface area contributed by atoms with Crippen LogP contribution in [0.2, 0.25) is 0 Å². The van der Waals surface area contributed by atoms with Crippen molar-refractivity contribution in [3.8, 4) is 0 Å². The van der Waals surface area contributed by atoms with Crippen molar-refractivity contribution in [1.82, 2.24) is 14.7 Å². The van der Waals surface area contributed by atoms with E-state index in [2.05, 4.69) is 43.8 Å². The Morgan fingerprint density at radius 1 is 1.38 bits per heavy atom. The highest BCUT2D eigenvalue weighted by molar-refractivity contribution is 4.99. The Bertz CT molecular complexity index is 304. The summed E-state index contributed by atoms with van der Waals surface area (Å²) in [5, 5.41) is 4.55. The van der Waals surface area contributed by atoms with Crippen molar-refractivity contribution in [3.63, 3.8) is 0 Å².